The molecule has 2 aromatic rings. The quantitative estimate of drug-likeness (QED) is 0.722. The summed E-state index contributed by atoms with van der Waals surface area (Å²) < 4.78 is 0. The molecule has 18 heavy (non-hydrogen) atoms. The van der Waals surface area contributed by atoms with E-state index in [4.69, 9.17) is 11.6 Å². The van der Waals surface area contributed by atoms with Crippen molar-refractivity contribution in [3.63, 3.8) is 0 Å². The van der Waals surface area contributed by atoms with Crippen molar-refractivity contribution < 1.29 is 0 Å². The summed E-state index contributed by atoms with van der Waals surface area (Å²) in [6.07, 6.45) is 0.887. The Morgan fingerprint density at radius 1 is 1.17 bits per heavy atom. The molecular formula is C14H17BrClNS. The number of benzene rings is 1. The van der Waals surface area contributed by atoms with E-state index in [1.54, 1.807) is 11.3 Å². The highest BCUT2D eigenvalue weighted by molar-refractivity contribution is 8.93. The van der Waals surface area contributed by atoms with Crippen LogP contribution in [-0.2, 0) is 11.8 Å². The van der Waals surface area contributed by atoms with Crippen molar-refractivity contribution in [2.75, 3.05) is 0 Å². The van der Waals surface area contributed by atoms with E-state index in [0.717, 1.165) is 16.5 Å². The molecule has 2 rings (SSSR count). The largest absolute Gasteiger partial charge is 0.245 e. The highest BCUT2D eigenvalue weighted by atomic mass is 79.9. The molecule has 0 amide bonds. The van der Waals surface area contributed by atoms with Crippen LogP contribution in [-0.4, -0.2) is 4.98 Å². The molecule has 1 heterocycles. The summed E-state index contributed by atoms with van der Waals surface area (Å²) >= 11 is 7.60. The summed E-state index contributed by atoms with van der Waals surface area (Å²) in [4.78, 5) is 4.68. The van der Waals surface area contributed by atoms with Gasteiger partial charge in [0.15, 0.2) is 0 Å². The van der Waals surface area contributed by atoms with Crippen LogP contribution in [0.2, 0.25) is 5.02 Å². The van der Waals surface area contributed by atoms with Gasteiger partial charge in [0, 0.05) is 22.2 Å². The second kappa shape index (κ2) is 6.18. The molecule has 0 spiro atoms. The molecule has 0 fully saturated rings. The first-order valence-corrected chi connectivity index (χ1v) is 6.90. The fourth-order valence-electron chi connectivity index (χ4n) is 1.51. The number of halogens is 2. The summed E-state index contributed by atoms with van der Waals surface area (Å²) in [5.41, 5.74) is 2.56. The molecule has 0 aliphatic carbocycles. The molecule has 98 valence electrons. The van der Waals surface area contributed by atoms with Gasteiger partial charge in [-0.2, -0.15) is 0 Å². The van der Waals surface area contributed by atoms with Gasteiger partial charge in [0.25, 0.3) is 0 Å². The van der Waals surface area contributed by atoms with E-state index in [0.29, 0.717) is 0 Å². The van der Waals surface area contributed by atoms with Crippen molar-refractivity contribution in [2.24, 2.45) is 0 Å². The number of aromatic nitrogens is 1. The highest BCUT2D eigenvalue weighted by Gasteiger charge is 2.17. The Kier molecular flexibility index (Phi) is 5.38. The number of thiazole rings is 1. The van der Waals surface area contributed by atoms with Crippen molar-refractivity contribution >= 4 is 39.9 Å². The fourth-order valence-corrected chi connectivity index (χ4v) is 2.69. The summed E-state index contributed by atoms with van der Waals surface area (Å²) in [6.45, 7) is 6.57. The van der Waals surface area contributed by atoms with E-state index >= 15 is 0 Å². The Morgan fingerprint density at radius 2 is 1.78 bits per heavy atom. The maximum atomic E-state index is 5.87. The van der Waals surface area contributed by atoms with Crippen molar-refractivity contribution in [2.45, 2.75) is 32.6 Å². The summed E-state index contributed by atoms with van der Waals surface area (Å²) in [7, 11) is 0. The molecule has 0 saturated heterocycles. The predicted octanol–water partition coefficient (Wildman–Crippen LogP) is 5.26. The van der Waals surface area contributed by atoms with Gasteiger partial charge in [-0.3, -0.25) is 0 Å². The molecule has 0 N–H and O–H groups in total. The van der Waals surface area contributed by atoms with E-state index in [1.165, 1.54) is 11.3 Å². The van der Waals surface area contributed by atoms with Crippen molar-refractivity contribution in [1.29, 1.82) is 0 Å². The molecule has 1 aromatic heterocycles. The highest BCUT2D eigenvalue weighted by Crippen LogP contribution is 2.25. The van der Waals surface area contributed by atoms with Crippen LogP contribution >= 0.6 is 39.9 Å². The Balaban J connectivity index is 0.00000162. The van der Waals surface area contributed by atoms with E-state index < -0.39 is 0 Å². The zero-order valence-electron chi connectivity index (χ0n) is 10.7. The molecule has 1 aromatic carbocycles. The number of nitrogens with zero attached hydrogens (tertiary/aromatic N) is 1. The van der Waals surface area contributed by atoms with Crippen LogP contribution in [0, 0.1) is 0 Å². The lowest BCUT2D eigenvalue weighted by Gasteiger charge is -2.14. The minimum absolute atomic E-state index is 0. The van der Waals surface area contributed by atoms with Gasteiger partial charge < -0.3 is 0 Å². The molecule has 0 bridgehead atoms. The fraction of sp³-hybridized carbons (Fsp3) is 0.357. The van der Waals surface area contributed by atoms with Gasteiger partial charge >= 0.3 is 0 Å². The van der Waals surface area contributed by atoms with Gasteiger partial charge in [0.2, 0.25) is 0 Å². The maximum Gasteiger partial charge on any atom is 0.0972 e. The first-order valence-electron chi connectivity index (χ1n) is 5.64. The van der Waals surface area contributed by atoms with Crippen LogP contribution in [0.15, 0.2) is 29.6 Å². The van der Waals surface area contributed by atoms with Gasteiger partial charge in [0.1, 0.15) is 0 Å². The van der Waals surface area contributed by atoms with Crippen molar-refractivity contribution in [3.8, 4) is 0 Å². The van der Waals surface area contributed by atoms with E-state index in [9.17, 15) is 0 Å². The maximum absolute atomic E-state index is 5.87. The van der Waals surface area contributed by atoms with Gasteiger partial charge in [0.05, 0.1) is 10.7 Å². The van der Waals surface area contributed by atoms with E-state index in [1.807, 2.05) is 12.1 Å². The molecular weight excluding hydrogens is 330 g/mol. The van der Waals surface area contributed by atoms with Crippen LogP contribution in [0.4, 0.5) is 0 Å². The Hall–Kier alpha value is -0.380. The van der Waals surface area contributed by atoms with Crippen LogP contribution in [0.25, 0.3) is 0 Å². The summed E-state index contributed by atoms with van der Waals surface area (Å²) in [5.74, 6) is 0. The third kappa shape index (κ3) is 4.08. The average Bonchev–Trinajstić information content (AvgIpc) is 2.69. The second-order valence-corrected chi connectivity index (χ2v) is 6.56. The van der Waals surface area contributed by atoms with Crippen LogP contribution in [0.3, 0.4) is 0 Å². The summed E-state index contributed by atoms with van der Waals surface area (Å²) in [5, 5.41) is 4.10. The van der Waals surface area contributed by atoms with Crippen molar-refractivity contribution in [3.05, 3.63) is 50.9 Å². The minimum atomic E-state index is 0. The minimum Gasteiger partial charge on any atom is -0.245 e. The standard InChI is InChI=1S/C14H16ClNS.BrH/c1-14(2,3)12-9-17-13(16-12)8-10-4-6-11(15)7-5-10;/h4-7,9H,8H2,1-3H3;1H. The van der Waals surface area contributed by atoms with E-state index in [2.05, 4.69) is 43.3 Å². The second-order valence-electron chi connectivity index (χ2n) is 5.18. The summed E-state index contributed by atoms with van der Waals surface area (Å²) in [6, 6.07) is 7.96. The van der Waals surface area contributed by atoms with Gasteiger partial charge in [-0.05, 0) is 17.7 Å². The zero-order chi connectivity index (χ0) is 12.5. The Labute approximate surface area is 128 Å². The monoisotopic (exact) mass is 345 g/mol. The van der Waals surface area contributed by atoms with Gasteiger partial charge in [-0.25, -0.2) is 4.98 Å². The average molecular weight is 347 g/mol. The van der Waals surface area contributed by atoms with E-state index in [-0.39, 0.29) is 22.4 Å². The number of hydrogen-bond donors (Lipinski definition) is 0. The SMILES string of the molecule is Br.CC(C)(C)c1csc(Cc2ccc(Cl)cc2)n1. The molecule has 0 aliphatic rings. The molecule has 0 radical (unpaired) electrons. The first-order chi connectivity index (χ1) is 7.95. The molecule has 4 heteroatoms. The van der Waals surface area contributed by atoms with Crippen LogP contribution in [0.5, 0.6) is 0 Å². The lowest BCUT2D eigenvalue weighted by Crippen LogP contribution is -2.11. The van der Waals surface area contributed by atoms with Crippen molar-refractivity contribution in [1.82, 2.24) is 4.98 Å². The third-order valence-electron chi connectivity index (χ3n) is 2.59. The Morgan fingerprint density at radius 3 is 2.28 bits per heavy atom. The van der Waals surface area contributed by atoms with Crippen LogP contribution < -0.4 is 0 Å². The number of hydrogen-bond acceptors (Lipinski definition) is 2. The Bertz CT molecular complexity index is 499. The third-order valence-corrected chi connectivity index (χ3v) is 3.69. The molecule has 0 saturated carbocycles. The first kappa shape index (κ1) is 15.7. The predicted molar refractivity (Wildman–Crippen MR) is 85.4 cm³/mol. The zero-order valence-corrected chi connectivity index (χ0v) is 14.0. The molecule has 1 nitrogen and oxygen atoms in total. The van der Waals surface area contributed by atoms with Crippen LogP contribution in [0.1, 0.15) is 37.0 Å². The molecule has 0 aliphatic heterocycles. The van der Waals surface area contributed by atoms with Gasteiger partial charge in [-0.15, -0.1) is 28.3 Å². The normalized spacial score (nSPS) is 11.1. The topological polar surface area (TPSA) is 12.9 Å². The lowest BCUT2D eigenvalue weighted by molar-refractivity contribution is 0.571. The molecule has 0 unspecified atom stereocenters. The smallest absolute Gasteiger partial charge is 0.0972 e. The van der Waals surface area contributed by atoms with Gasteiger partial charge in [-0.1, -0.05) is 44.5 Å². The molecule has 0 atom stereocenters. The lowest BCUT2D eigenvalue weighted by atomic mass is 9.93. The number of rotatable bonds is 2.